The first kappa shape index (κ1) is 23.2. The number of rotatable bonds is 6. The number of amides is 2. The van der Waals surface area contributed by atoms with Crippen molar-refractivity contribution in [2.24, 2.45) is 0 Å². The summed E-state index contributed by atoms with van der Waals surface area (Å²) in [6.45, 7) is 0.605. The van der Waals surface area contributed by atoms with Gasteiger partial charge in [0, 0.05) is 49.2 Å². The topological polar surface area (TPSA) is 90.1 Å². The maximum absolute atomic E-state index is 14.0. The summed E-state index contributed by atoms with van der Waals surface area (Å²) in [7, 11) is 1.77. The summed E-state index contributed by atoms with van der Waals surface area (Å²) in [5, 5.41) is 6.04. The van der Waals surface area contributed by atoms with Gasteiger partial charge < -0.3 is 20.5 Å². The highest BCUT2D eigenvalue weighted by atomic mass is 19.1. The number of hydrogen-bond acceptors (Lipinski definition) is 4. The van der Waals surface area contributed by atoms with Crippen molar-refractivity contribution in [1.82, 2.24) is 14.9 Å². The summed E-state index contributed by atoms with van der Waals surface area (Å²) < 4.78 is 27.1. The number of carbonyl (C=O) groups excluding carboxylic acids is 2. The van der Waals surface area contributed by atoms with Crippen LogP contribution in [-0.4, -0.2) is 40.3 Å². The van der Waals surface area contributed by atoms with Gasteiger partial charge in [-0.1, -0.05) is 24.3 Å². The van der Waals surface area contributed by atoms with E-state index in [0.29, 0.717) is 35.5 Å². The van der Waals surface area contributed by atoms with E-state index in [9.17, 15) is 18.4 Å². The minimum absolute atomic E-state index is 0.0823. The number of anilines is 3. The molecule has 182 valence electrons. The van der Waals surface area contributed by atoms with Gasteiger partial charge in [0.15, 0.2) is 0 Å². The number of likely N-dealkylation sites (N-methyl/N-ethyl adjacent to an activating group) is 1. The van der Waals surface area contributed by atoms with E-state index >= 15 is 0 Å². The van der Waals surface area contributed by atoms with Crippen molar-refractivity contribution in [3.63, 3.8) is 0 Å². The largest absolute Gasteiger partial charge is 0.356 e. The quantitative estimate of drug-likeness (QED) is 0.361. The van der Waals surface area contributed by atoms with Gasteiger partial charge >= 0.3 is 0 Å². The van der Waals surface area contributed by atoms with Gasteiger partial charge in [0.25, 0.3) is 5.91 Å². The Bertz CT molecular complexity index is 1450. The van der Waals surface area contributed by atoms with Crippen molar-refractivity contribution in [2.75, 3.05) is 24.2 Å². The van der Waals surface area contributed by atoms with E-state index in [-0.39, 0.29) is 23.7 Å². The Labute approximate surface area is 206 Å². The second-order valence-electron chi connectivity index (χ2n) is 8.59. The van der Waals surface area contributed by atoms with Crippen LogP contribution in [0.25, 0.3) is 11.3 Å². The predicted molar refractivity (Wildman–Crippen MR) is 133 cm³/mol. The van der Waals surface area contributed by atoms with Crippen molar-refractivity contribution in [3.05, 3.63) is 95.3 Å². The summed E-state index contributed by atoms with van der Waals surface area (Å²) in [4.78, 5) is 34.9. The van der Waals surface area contributed by atoms with Crippen LogP contribution in [0.4, 0.5) is 26.0 Å². The molecule has 2 aromatic carbocycles. The lowest BCUT2D eigenvalue weighted by atomic mass is 10.0. The summed E-state index contributed by atoms with van der Waals surface area (Å²) >= 11 is 0. The van der Waals surface area contributed by atoms with Gasteiger partial charge in [-0.25, -0.2) is 13.8 Å². The van der Waals surface area contributed by atoms with Gasteiger partial charge in [0.2, 0.25) is 5.91 Å². The zero-order valence-corrected chi connectivity index (χ0v) is 19.4. The second-order valence-corrected chi connectivity index (χ2v) is 8.59. The average Bonchev–Trinajstić information content (AvgIpc) is 3.23. The van der Waals surface area contributed by atoms with E-state index in [2.05, 4.69) is 20.6 Å². The first-order chi connectivity index (χ1) is 17.4. The third kappa shape index (κ3) is 4.68. The van der Waals surface area contributed by atoms with E-state index in [1.807, 2.05) is 30.3 Å². The summed E-state index contributed by atoms with van der Waals surface area (Å²) in [6, 6.07) is 16.1. The number of aromatic nitrogens is 2. The van der Waals surface area contributed by atoms with Crippen LogP contribution in [0.1, 0.15) is 21.6 Å². The van der Waals surface area contributed by atoms with Crippen LogP contribution in [-0.2, 0) is 17.6 Å². The van der Waals surface area contributed by atoms with Crippen LogP contribution in [0.15, 0.2) is 66.9 Å². The van der Waals surface area contributed by atoms with Crippen LogP contribution in [0, 0.1) is 11.6 Å². The minimum Gasteiger partial charge on any atom is -0.356 e. The molecule has 4 aromatic rings. The normalized spacial score (nSPS) is 12.9. The molecule has 0 saturated heterocycles. The monoisotopic (exact) mass is 487 g/mol. The number of nitrogens with zero attached hydrogens (tertiary/aromatic N) is 2. The Morgan fingerprint density at radius 2 is 1.92 bits per heavy atom. The highest BCUT2D eigenvalue weighted by Gasteiger charge is 2.30. The number of hydrogen-bond donors (Lipinski definition) is 3. The SMILES string of the molecule is CN1CCc2[nH]c(-c3ccnc(NC(=O)Cc4ccc(F)cc4F)c3)c(Nc3ccccc3)c2C1=O. The molecule has 0 radical (unpaired) electrons. The zero-order chi connectivity index (χ0) is 25.2. The minimum atomic E-state index is -0.782. The van der Waals surface area contributed by atoms with E-state index in [4.69, 9.17) is 0 Å². The van der Waals surface area contributed by atoms with E-state index in [1.165, 1.54) is 6.07 Å². The molecule has 1 aliphatic heterocycles. The standard InChI is InChI=1S/C27H23F2N5O2/c1-34-12-10-21-24(27(34)36)26(31-19-5-3-2-4-6-19)25(32-21)17-9-11-30-22(13-17)33-23(35)14-16-7-8-18(28)15-20(16)29/h2-9,11,13,15,31-32H,10,12,14H2,1H3,(H,30,33,35). The second kappa shape index (κ2) is 9.61. The number of para-hydroxylation sites is 1. The number of fused-ring (bicyclic) bond motifs is 1. The van der Waals surface area contributed by atoms with E-state index < -0.39 is 17.5 Å². The number of halogens is 2. The first-order valence-corrected chi connectivity index (χ1v) is 11.4. The average molecular weight is 488 g/mol. The number of pyridine rings is 1. The molecule has 0 unspecified atom stereocenters. The fourth-order valence-corrected chi connectivity index (χ4v) is 4.23. The highest BCUT2D eigenvalue weighted by Crippen LogP contribution is 2.38. The highest BCUT2D eigenvalue weighted by molar-refractivity contribution is 6.06. The number of benzene rings is 2. The van der Waals surface area contributed by atoms with Gasteiger partial charge in [-0.15, -0.1) is 0 Å². The Morgan fingerprint density at radius 1 is 1.11 bits per heavy atom. The van der Waals surface area contributed by atoms with Crippen molar-refractivity contribution in [2.45, 2.75) is 12.8 Å². The Hall–Kier alpha value is -4.53. The Morgan fingerprint density at radius 3 is 2.69 bits per heavy atom. The molecular formula is C27H23F2N5O2. The van der Waals surface area contributed by atoms with E-state index in [1.54, 1.807) is 30.3 Å². The maximum Gasteiger partial charge on any atom is 0.257 e. The number of aromatic amines is 1. The van der Waals surface area contributed by atoms with Crippen LogP contribution >= 0.6 is 0 Å². The Kier molecular flexibility index (Phi) is 6.20. The molecule has 0 aliphatic carbocycles. The lowest BCUT2D eigenvalue weighted by molar-refractivity contribution is -0.115. The van der Waals surface area contributed by atoms with Crippen LogP contribution in [0.3, 0.4) is 0 Å². The van der Waals surface area contributed by atoms with Crippen molar-refractivity contribution in [1.29, 1.82) is 0 Å². The van der Waals surface area contributed by atoms with Gasteiger partial charge in [-0.05, 0) is 35.9 Å². The molecular weight excluding hydrogens is 464 g/mol. The fourth-order valence-electron chi connectivity index (χ4n) is 4.23. The lowest BCUT2D eigenvalue weighted by Crippen LogP contribution is -2.34. The number of H-pyrrole nitrogens is 1. The third-order valence-corrected chi connectivity index (χ3v) is 6.06. The molecule has 3 N–H and O–H groups in total. The molecule has 7 nitrogen and oxygen atoms in total. The van der Waals surface area contributed by atoms with Crippen LogP contribution < -0.4 is 10.6 Å². The zero-order valence-electron chi connectivity index (χ0n) is 19.4. The van der Waals surface area contributed by atoms with Gasteiger partial charge in [-0.2, -0.15) is 0 Å². The van der Waals surface area contributed by atoms with Crippen LogP contribution in [0.5, 0.6) is 0 Å². The van der Waals surface area contributed by atoms with Gasteiger partial charge in [0.05, 0.1) is 23.4 Å². The first-order valence-electron chi connectivity index (χ1n) is 11.4. The van der Waals surface area contributed by atoms with Gasteiger partial charge in [-0.3, -0.25) is 9.59 Å². The maximum atomic E-state index is 14.0. The molecule has 36 heavy (non-hydrogen) atoms. The fraction of sp³-hybridized carbons (Fsp3) is 0.148. The molecule has 2 amide bonds. The van der Waals surface area contributed by atoms with Gasteiger partial charge in [0.1, 0.15) is 17.5 Å². The molecule has 0 atom stereocenters. The van der Waals surface area contributed by atoms with Crippen molar-refractivity contribution in [3.8, 4) is 11.3 Å². The van der Waals surface area contributed by atoms with Crippen molar-refractivity contribution < 1.29 is 18.4 Å². The molecule has 0 bridgehead atoms. The number of nitrogens with one attached hydrogen (secondary N) is 3. The van der Waals surface area contributed by atoms with Crippen molar-refractivity contribution >= 4 is 29.0 Å². The van der Waals surface area contributed by atoms with E-state index in [0.717, 1.165) is 23.5 Å². The summed E-state index contributed by atoms with van der Waals surface area (Å²) in [5.41, 5.74) is 4.36. The summed E-state index contributed by atoms with van der Waals surface area (Å²) in [5.74, 6) is -1.79. The number of carbonyl (C=O) groups is 2. The molecule has 3 heterocycles. The smallest absolute Gasteiger partial charge is 0.257 e. The molecule has 1 aliphatic rings. The molecule has 0 saturated carbocycles. The predicted octanol–water partition coefficient (Wildman–Crippen LogP) is 4.91. The third-order valence-electron chi connectivity index (χ3n) is 6.06. The molecule has 2 aromatic heterocycles. The lowest BCUT2D eigenvalue weighted by Gasteiger charge is -2.23. The molecule has 9 heteroatoms. The summed E-state index contributed by atoms with van der Waals surface area (Å²) in [6.07, 6.45) is 1.96. The molecule has 5 rings (SSSR count). The molecule has 0 fully saturated rings. The van der Waals surface area contributed by atoms with Crippen LogP contribution in [0.2, 0.25) is 0 Å². The molecule has 0 spiro atoms. The Balaban J connectivity index is 1.46.